The summed E-state index contributed by atoms with van der Waals surface area (Å²) < 4.78 is 16.0. The van der Waals surface area contributed by atoms with E-state index in [-0.39, 0.29) is 6.79 Å². The zero-order chi connectivity index (χ0) is 16.5. The highest BCUT2D eigenvalue weighted by molar-refractivity contribution is 5.75. The molecule has 0 saturated carbocycles. The molecule has 4 nitrogen and oxygen atoms in total. The predicted octanol–water partition coefficient (Wildman–Crippen LogP) is 3.67. The summed E-state index contributed by atoms with van der Waals surface area (Å²) in [4.78, 5) is 11.0. The van der Waals surface area contributed by atoms with Gasteiger partial charge in [-0.3, -0.25) is 4.79 Å². The van der Waals surface area contributed by atoms with Crippen LogP contribution in [0.15, 0.2) is 42.5 Å². The zero-order valence-electron chi connectivity index (χ0n) is 13.6. The number of ether oxygens (including phenoxy) is 3. The topological polar surface area (TPSA) is 44.8 Å². The van der Waals surface area contributed by atoms with Gasteiger partial charge < -0.3 is 14.2 Å². The van der Waals surface area contributed by atoms with E-state index in [9.17, 15) is 4.79 Å². The standard InChI is InChI=1S/C19H22O4/c1-3-22-18-9-5-15(6-10-18)4-8-17-12-16(13-20)7-11-19(17)23-14-21-2/h5-7,9-13H,3-4,8,14H2,1-2H3. The molecule has 0 aliphatic rings. The highest BCUT2D eigenvalue weighted by Gasteiger charge is 2.06. The largest absolute Gasteiger partial charge is 0.494 e. The third-order valence-electron chi connectivity index (χ3n) is 3.47. The molecule has 0 aromatic heterocycles. The minimum absolute atomic E-state index is 0.191. The number of aryl methyl sites for hydroxylation is 2. The second kappa shape index (κ2) is 8.96. The fourth-order valence-electron chi connectivity index (χ4n) is 2.33. The fourth-order valence-corrected chi connectivity index (χ4v) is 2.33. The maximum absolute atomic E-state index is 11.0. The van der Waals surface area contributed by atoms with E-state index in [0.717, 1.165) is 36.2 Å². The third kappa shape index (κ3) is 5.11. The van der Waals surface area contributed by atoms with Crippen molar-refractivity contribution in [2.24, 2.45) is 0 Å². The van der Waals surface area contributed by atoms with Crippen molar-refractivity contribution in [3.8, 4) is 11.5 Å². The van der Waals surface area contributed by atoms with Crippen LogP contribution in [0, 0.1) is 0 Å². The molecule has 122 valence electrons. The quantitative estimate of drug-likeness (QED) is 0.523. The number of benzene rings is 2. The lowest BCUT2D eigenvalue weighted by Crippen LogP contribution is -2.03. The van der Waals surface area contributed by atoms with Gasteiger partial charge in [0.15, 0.2) is 6.79 Å². The molecular weight excluding hydrogens is 292 g/mol. The van der Waals surface area contributed by atoms with E-state index in [1.807, 2.05) is 31.2 Å². The molecule has 0 heterocycles. The van der Waals surface area contributed by atoms with Crippen LogP contribution in [0.25, 0.3) is 0 Å². The van der Waals surface area contributed by atoms with Crippen molar-refractivity contribution in [2.75, 3.05) is 20.5 Å². The second-order valence-electron chi connectivity index (χ2n) is 5.11. The maximum atomic E-state index is 11.0. The number of hydrogen-bond acceptors (Lipinski definition) is 4. The molecule has 0 aliphatic heterocycles. The lowest BCUT2D eigenvalue weighted by Gasteiger charge is -2.12. The van der Waals surface area contributed by atoms with Gasteiger partial charge in [0.05, 0.1) is 6.61 Å². The van der Waals surface area contributed by atoms with Gasteiger partial charge in [0.1, 0.15) is 17.8 Å². The van der Waals surface area contributed by atoms with Crippen molar-refractivity contribution < 1.29 is 19.0 Å². The van der Waals surface area contributed by atoms with Crippen LogP contribution < -0.4 is 9.47 Å². The second-order valence-corrected chi connectivity index (χ2v) is 5.11. The Morgan fingerprint density at radius 1 is 1.00 bits per heavy atom. The molecule has 0 unspecified atom stereocenters. The first-order valence-corrected chi connectivity index (χ1v) is 7.68. The van der Waals surface area contributed by atoms with Crippen LogP contribution in [-0.2, 0) is 17.6 Å². The van der Waals surface area contributed by atoms with E-state index in [1.165, 1.54) is 5.56 Å². The van der Waals surface area contributed by atoms with Crippen molar-refractivity contribution in [1.29, 1.82) is 0 Å². The summed E-state index contributed by atoms with van der Waals surface area (Å²) in [6, 6.07) is 13.5. The summed E-state index contributed by atoms with van der Waals surface area (Å²) >= 11 is 0. The van der Waals surface area contributed by atoms with Crippen molar-refractivity contribution in [3.63, 3.8) is 0 Å². The Balaban J connectivity index is 2.06. The normalized spacial score (nSPS) is 10.3. The summed E-state index contributed by atoms with van der Waals surface area (Å²) in [7, 11) is 1.58. The third-order valence-corrected chi connectivity index (χ3v) is 3.47. The Labute approximate surface area is 137 Å². The molecule has 0 bridgehead atoms. The van der Waals surface area contributed by atoms with Gasteiger partial charge in [-0.25, -0.2) is 0 Å². The molecule has 0 amide bonds. The Kier molecular flexibility index (Phi) is 6.63. The summed E-state index contributed by atoms with van der Waals surface area (Å²) in [6.07, 6.45) is 2.49. The monoisotopic (exact) mass is 314 g/mol. The van der Waals surface area contributed by atoms with Crippen LogP contribution >= 0.6 is 0 Å². The lowest BCUT2D eigenvalue weighted by molar-refractivity contribution is 0.0504. The number of rotatable bonds is 9. The van der Waals surface area contributed by atoms with Crippen molar-refractivity contribution in [3.05, 3.63) is 59.2 Å². The number of hydrogen-bond donors (Lipinski definition) is 0. The van der Waals surface area contributed by atoms with Crippen LogP contribution in [0.4, 0.5) is 0 Å². The number of carbonyl (C=O) groups excluding carboxylic acids is 1. The Hall–Kier alpha value is -2.33. The van der Waals surface area contributed by atoms with E-state index >= 15 is 0 Å². The number of methoxy groups -OCH3 is 1. The Bertz CT molecular complexity index is 620. The molecule has 0 aliphatic carbocycles. The van der Waals surface area contributed by atoms with Crippen molar-refractivity contribution in [2.45, 2.75) is 19.8 Å². The van der Waals surface area contributed by atoms with Gasteiger partial charge in [0.2, 0.25) is 0 Å². The van der Waals surface area contributed by atoms with E-state index < -0.39 is 0 Å². The van der Waals surface area contributed by atoms with Gasteiger partial charge in [-0.15, -0.1) is 0 Å². The molecule has 0 saturated heterocycles. The first-order chi connectivity index (χ1) is 11.3. The maximum Gasteiger partial charge on any atom is 0.188 e. The van der Waals surface area contributed by atoms with E-state index in [0.29, 0.717) is 12.2 Å². The molecule has 2 aromatic carbocycles. The van der Waals surface area contributed by atoms with Crippen LogP contribution in [0.3, 0.4) is 0 Å². The lowest BCUT2D eigenvalue weighted by atomic mass is 10.0. The molecule has 4 heteroatoms. The van der Waals surface area contributed by atoms with Crippen LogP contribution in [0.2, 0.25) is 0 Å². The summed E-state index contributed by atoms with van der Waals surface area (Å²) in [6.45, 7) is 2.82. The highest BCUT2D eigenvalue weighted by Crippen LogP contribution is 2.22. The van der Waals surface area contributed by atoms with E-state index in [1.54, 1.807) is 13.2 Å². The summed E-state index contributed by atoms with van der Waals surface area (Å²) in [5, 5.41) is 0. The first kappa shape index (κ1) is 17.0. The zero-order valence-corrected chi connectivity index (χ0v) is 13.6. The van der Waals surface area contributed by atoms with Gasteiger partial charge in [-0.1, -0.05) is 12.1 Å². The van der Waals surface area contributed by atoms with Gasteiger partial charge in [-0.05, 0) is 61.2 Å². The molecule has 2 rings (SSSR count). The van der Waals surface area contributed by atoms with Gasteiger partial charge in [-0.2, -0.15) is 0 Å². The minimum Gasteiger partial charge on any atom is -0.494 e. The van der Waals surface area contributed by atoms with Gasteiger partial charge >= 0.3 is 0 Å². The molecule has 0 N–H and O–H groups in total. The molecule has 0 spiro atoms. The average Bonchev–Trinajstić information content (AvgIpc) is 2.60. The van der Waals surface area contributed by atoms with Gasteiger partial charge in [0, 0.05) is 12.7 Å². The van der Waals surface area contributed by atoms with Crippen LogP contribution in [0.1, 0.15) is 28.4 Å². The van der Waals surface area contributed by atoms with Crippen LogP contribution in [0.5, 0.6) is 11.5 Å². The van der Waals surface area contributed by atoms with Crippen molar-refractivity contribution >= 4 is 6.29 Å². The summed E-state index contributed by atoms with van der Waals surface area (Å²) in [5.74, 6) is 1.63. The molecule has 23 heavy (non-hydrogen) atoms. The SMILES string of the molecule is CCOc1ccc(CCc2cc(C=O)ccc2OCOC)cc1. The van der Waals surface area contributed by atoms with E-state index in [2.05, 4.69) is 12.1 Å². The molecule has 0 fully saturated rings. The highest BCUT2D eigenvalue weighted by atomic mass is 16.7. The fraction of sp³-hybridized carbons (Fsp3) is 0.316. The van der Waals surface area contributed by atoms with Crippen LogP contribution in [-0.4, -0.2) is 26.8 Å². The predicted molar refractivity (Wildman–Crippen MR) is 89.4 cm³/mol. The number of carbonyl (C=O) groups is 1. The molecule has 0 atom stereocenters. The molecule has 2 aromatic rings. The average molecular weight is 314 g/mol. The molecule has 0 radical (unpaired) electrons. The molecular formula is C19H22O4. The Morgan fingerprint density at radius 2 is 1.78 bits per heavy atom. The summed E-state index contributed by atoms with van der Waals surface area (Å²) in [5.41, 5.74) is 2.86. The van der Waals surface area contributed by atoms with Gasteiger partial charge in [0.25, 0.3) is 0 Å². The smallest absolute Gasteiger partial charge is 0.188 e. The van der Waals surface area contributed by atoms with E-state index in [4.69, 9.17) is 14.2 Å². The van der Waals surface area contributed by atoms with Crippen molar-refractivity contribution in [1.82, 2.24) is 0 Å². The first-order valence-electron chi connectivity index (χ1n) is 7.68. The number of aldehydes is 1. The minimum atomic E-state index is 0.191. The Morgan fingerprint density at radius 3 is 2.43 bits per heavy atom.